The molecule has 6 heteroatoms. The molecule has 1 atom stereocenters. The van der Waals surface area contributed by atoms with E-state index in [1.807, 2.05) is 20.8 Å². The highest BCUT2D eigenvalue weighted by atomic mass is 16.3. The lowest BCUT2D eigenvalue weighted by molar-refractivity contribution is -0.127. The maximum absolute atomic E-state index is 12.4. The maximum atomic E-state index is 12.4. The summed E-state index contributed by atoms with van der Waals surface area (Å²) < 4.78 is 2.07. The van der Waals surface area contributed by atoms with Gasteiger partial charge in [-0.05, 0) is 32.6 Å². The van der Waals surface area contributed by atoms with Crippen LogP contribution in [0.15, 0.2) is 0 Å². The van der Waals surface area contributed by atoms with Crippen LogP contribution in [0.5, 0.6) is 0 Å². The molecule has 0 saturated heterocycles. The van der Waals surface area contributed by atoms with Gasteiger partial charge in [0.15, 0.2) is 5.82 Å². The van der Waals surface area contributed by atoms with Gasteiger partial charge < -0.3 is 15.0 Å². The van der Waals surface area contributed by atoms with Crippen LogP contribution in [0.4, 0.5) is 0 Å². The second-order valence-corrected chi connectivity index (χ2v) is 6.42. The summed E-state index contributed by atoms with van der Waals surface area (Å²) in [6.45, 7) is 6.91. The van der Waals surface area contributed by atoms with Gasteiger partial charge in [0.25, 0.3) is 0 Å². The zero-order valence-corrected chi connectivity index (χ0v) is 13.9. The van der Waals surface area contributed by atoms with Gasteiger partial charge in [0.2, 0.25) is 5.91 Å². The first-order valence-corrected chi connectivity index (χ1v) is 8.40. The van der Waals surface area contributed by atoms with Gasteiger partial charge in [-0.1, -0.05) is 26.7 Å². The molecule has 1 aliphatic rings. The number of amides is 1. The molecule has 0 spiro atoms. The first-order chi connectivity index (χ1) is 10.5. The molecule has 1 aromatic rings. The Bertz CT molecular complexity index is 506. The second-order valence-electron chi connectivity index (χ2n) is 6.42. The summed E-state index contributed by atoms with van der Waals surface area (Å²) in [6.07, 6.45) is 5.12. The molecule has 0 radical (unpaired) electrons. The van der Waals surface area contributed by atoms with E-state index in [0.717, 1.165) is 43.9 Å². The summed E-state index contributed by atoms with van der Waals surface area (Å²) in [5, 5.41) is 22.0. The van der Waals surface area contributed by atoms with Crippen LogP contribution >= 0.6 is 0 Å². The third kappa shape index (κ3) is 3.85. The minimum absolute atomic E-state index is 0.0880. The van der Waals surface area contributed by atoms with Gasteiger partial charge in [-0.3, -0.25) is 4.79 Å². The van der Waals surface area contributed by atoms with Gasteiger partial charge in [0, 0.05) is 6.54 Å². The average molecular weight is 308 g/mol. The maximum Gasteiger partial charge on any atom is 0.223 e. The van der Waals surface area contributed by atoms with Crippen LogP contribution in [-0.4, -0.2) is 31.4 Å². The topological polar surface area (TPSA) is 80.0 Å². The molecule has 6 nitrogen and oxygen atoms in total. The number of fused-ring (bicyclic) bond motifs is 1. The van der Waals surface area contributed by atoms with Crippen molar-refractivity contribution < 1.29 is 9.90 Å². The molecule has 0 fully saturated rings. The molecule has 0 bridgehead atoms. The van der Waals surface area contributed by atoms with E-state index >= 15 is 0 Å². The number of nitrogens with one attached hydrogen (secondary N) is 1. The standard InChI is InChI=1S/C16H28N4O2/c1-4-8-16(22,9-5-2)11-14(21)17-13-7-6-10-20-12(3)18-19-15(13)20/h13,22H,4-11H2,1-3H3,(H,17,21). The van der Waals surface area contributed by atoms with Crippen molar-refractivity contribution in [2.75, 3.05) is 0 Å². The molecule has 1 aromatic heterocycles. The number of aliphatic hydroxyl groups is 1. The fourth-order valence-electron chi connectivity index (χ4n) is 3.43. The zero-order chi connectivity index (χ0) is 16.2. The number of aromatic nitrogens is 3. The average Bonchev–Trinajstić information content (AvgIpc) is 2.82. The van der Waals surface area contributed by atoms with E-state index in [4.69, 9.17) is 0 Å². The SMILES string of the molecule is CCCC(O)(CCC)CC(=O)NC1CCCn2c(C)nnc21. The molecule has 1 unspecified atom stereocenters. The van der Waals surface area contributed by atoms with Crippen molar-refractivity contribution in [2.45, 2.75) is 83.9 Å². The Morgan fingerprint density at radius 2 is 2.05 bits per heavy atom. The highest BCUT2D eigenvalue weighted by molar-refractivity contribution is 5.77. The lowest BCUT2D eigenvalue weighted by atomic mass is 9.89. The van der Waals surface area contributed by atoms with Crippen LogP contribution in [-0.2, 0) is 11.3 Å². The fraction of sp³-hybridized carbons (Fsp3) is 0.812. The highest BCUT2D eigenvalue weighted by Crippen LogP contribution is 2.27. The summed E-state index contributed by atoms with van der Waals surface area (Å²) in [5.41, 5.74) is -0.883. The van der Waals surface area contributed by atoms with Gasteiger partial charge in [0.05, 0.1) is 18.1 Å². The Morgan fingerprint density at radius 1 is 1.36 bits per heavy atom. The highest BCUT2D eigenvalue weighted by Gasteiger charge is 2.31. The van der Waals surface area contributed by atoms with Crippen LogP contribution in [0.1, 0.15) is 76.5 Å². The number of rotatable bonds is 7. The van der Waals surface area contributed by atoms with Crippen molar-refractivity contribution in [1.29, 1.82) is 0 Å². The van der Waals surface area contributed by atoms with Gasteiger partial charge in [-0.2, -0.15) is 0 Å². The molecule has 22 heavy (non-hydrogen) atoms. The molecule has 0 aromatic carbocycles. The normalized spacial score (nSPS) is 18.1. The smallest absolute Gasteiger partial charge is 0.223 e. The summed E-state index contributed by atoms with van der Waals surface area (Å²) in [5.74, 6) is 1.64. The van der Waals surface area contributed by atoms with Crippen molar-refractivity contribution in [3.05, 3.63) is 11.6 Å². The Balaban J connectivity index is 2.00. The van der Waals surface area contributed by atoms with Crippen LogP contribution in [0.25, 0.3) is 0 Å². The molecule has 2 N–H and O–H groups in total. The van der Waals surface area contributed by atoms with Crippen molar-refractivity contribution in [3.63, 3.8) is 0 Å². The minimum Gasteiger partial charge on any atom is -0.389 e. The molecular formula is C16H28N4O2. The van der Waals surface area contributed by atoms with E-state index in [1.165, 1.54) is 0 Å². The Kier molecular flexibility index (Phi) is 5.56. The second kappa shape index (κ2) is 7.22. The Morgan fingerprint density at radius 3 is 2.68 bits per heavy atom. The number of carbonyl (C=O) groups is 1. The van der Waals surface area contributed by atoms with Gasteiger partial charge in [-0.15, -0.1) is 10.2 Å². The third-order valence-corrected chi connectivity index (χ3v) is 4.41. The number of hydrogen-bond donors (Lipinski definition) is 2. The van der Waals surface area contributed by atoms with Crippen LogP contribution in [0.2, 0.25) is 0 Å². The minimum atomic E-state index is -0.883. The first kappa shape index (κ1) is 16.9. The van der Waals surface area contributed by atoms with E-state index in [0.29, 0.717) is 12.8 Å². The quantitative estimate of drug-likeness (QED) is 0.809. The molecule has 1 aliphatic heterocycles. The predicted octanol–water partition coefficient (Wildman–Crippen LogP) is 2.26. The van der Waals surface area contributed by atoms with Crippen molar-refractivity contribution >= 4 is 5.91 Å². The van der Waals surface area contributed by atoms with E-state index in [-0.39, 0.29) is 18.4 Å². The number of aryl methyl sites for hydroxylation is 1. The van der Waals surface area contributed by atoms with Crippen molar-refractivity contribution in [3.8, 4) is 0 Å². The Labute approximate surface area is 132 Å². The molecule has 124 valence electrons. The van der Waals surface area contributed by atoms with Crippen molar-refractivity contribution in [2.24, 2.45) is 0 Å². The molecule has 2 rings (SSSR count). The summed E-state index contributed by atoms with van der Waals surface area (Å²) in [4.78, 5) is 12.4. The summed E-state index contributed by atoms with van der Waals surface area (Å²) in [6, 6.07) is -0.0880. The summed E-state index contributed by atoms with van der Waals surface area (Å²) >= 11 is 0. The van der Waals surface area contributed by atoms with E-state index in [1.54, 1.807) is 0 Å². The molecule has 1 amide bonds. The van der Waals surface area contributed by atoms with Crippen molar-refractivity contribution in [1.82, 2.24) is 20.1 Å². The molecule has 0 aliphatic carbocycles. The first-order valence-electron chi connectivity index (χ1n) is 8.40. The van der Waals surface area contributed by atoms with E-state index in [9.17, 15) is 9.90 Å². The van der Waals surface area contributed by atoms with Crippen LogP contribution < -0.4 is 5.32 Å². The molecular weight excluding hydrogens is 280 g/mol. The lowest BCUT2D eigenvalue weighted by Gasteiger charge is -2.29. The lowest BCUT2D eigenvalue weighted by Crippen LogP contribution is -2.39. The molecule has 2 heterocycles. The van der Waals surface area contributed by atoms with Gasteiger partial charge in [-0.25, -0.2) is 0 Å². The van der Waals surface area contributed by atoms with E-state index in [2.05, 4.69) is 20.1 Å². The van der Waals surface area contributed by atoms with Gasteiger partial charge >= 0.3 is 0 Å². The Hall–Kier alpha value is -1.43. The number of hydrogen-bond acceptors (Lipinski definition) is 4. The fourth-order valence-corrected chi connectivity index (χ4v) is 3.43. The molecule has 0 saturated carbocycles. The van der Waals surface area contributed by atoms with Crippen LogP contribution in [0.3, 0.4) is 0 Å². The monoisotopic (exact) mass is 308 g/mol. The summed E-state index contributed by atoms with van der Waals surface area (Å²) in [7, 11) is 0. The predicted molar refractivity (Wildman–Crippen MR) is 84.3 cm³/mol. The van der Waals surface area contributed by atoms with Crippen LogP contribution in [0, 0.1) is 6.92 Å². The zero-order valence-electron chi connectivity index (χ0n) is 13.9. The van der Waals surface area contributed by atoms with Gasteiger partial charge in [0.1, 0.15) is 5.82 Å². The number of nitrogens with zero attached hydrogens (tertiary/aromatic N) is 3. The third-order valence-electron chi connectivity index (χ3n) is 4.41. The number of carbonyl (C=O) groups excluding carboxylic acids is 1. The van der Waals surface area contributed by atoms with E-state index < -0.39 is 5.60 Å². The largest absolute Gasteiger partial charge is 0.389 e.